The second-order valence-corrected chi connectivity index (χ2v) is 5.11. The Balaban J connectivity index is 1.85. The maximum Gasteiger partial charge on any atom is 0.118 e. The summed E-state index contributed by atoms with van der Waals surface area (Å²) in [6.07, 6.45) is 6.88. The van der Waals surface area contributed by atoms with Crippen molar-refractivity contribution in [3.8, 4) is 0 Å². The summed E-state index contributed by atoms with van der Waals surface area (Å²) in [6.45, 7) is 1.75. The van der Waals surface area contributed by atoms with Gasteiger partial charge in [0.2, 0.25) is 0 Å². The molecule has 0 amide bonds. The number of nitrogens with zero attached hydrogens (tertiary/aromatic N) is 1. The van der Waals surface area contributed by atoms with Crippen molar-refractivity contribution in [1.82, 2.24) is 10.2 Å². The van der Waals surface area contributed by atoms with Gasteiger partial charge in [0.1, 0.15) is 11.5 Å². The molecule has 1 fully saturated rings. The van der Waals surface area contributed by atoms with E-state index in [0.717, 1.165) is 30.7 Å². The van der Waals surface area contributed by atoms with Gasteiger partial charge in [-0.3, -0.25) is 4.90 Å². The predicted octanol–water partition coefficient (Wildman–Crippen LogP) is 2.76. The van der Waals surface area contributed by atoms with Crippen molar-refractivity contribution in [2.45, 2.75) is 51.2 Å². The van der Waals surface area contributed by atoms with E-state index in [-0.39, 0.29) is 0 Å². The maximum absolute atomic E-state index is 5.78. The molecule has 96 valence electrons. The van der Waals surface area contributed by atoms with Gasteiger partial charge in [-0.2, -0.15) is 0 Å². The van der Waals surface area contributed by atoms with Gasteiger partial charge >= 0.3 is 0 Å². The summed E-state index contributed by atoms with van der Waals surface area (Å²) in [5.74, 6) is 2.11. The molecule has 1 aromatic heterocycles. The van der Waals surface area contributed by atoms with Gasteiger partial charge in [0.05, 0.1) is 13.1 Å². The van der Waals surface area contributed by atoms with E-state index in [0.29, 0.717) is 0 Å². The number of furan rings is 1. The van der Waals surface area contributed by atoms with Crippen LogP contribution in [-0.2, 0) is 13.1 Å². The quantitative estimate of drug-likeness (QED) is 0.852. The van der Waals surface area contributed by atoms with Crippen LogP contribution in [0.4, 0.5) is 0 Å². The van der Waals surface area contributed by atoms with Gasteiger partial charge in [0.15, 0.2) is 0 Å². The Labute approximate surface area is 104 Å². The molecule has 1 heterocycles. The van der Waals surface area contributed by atoms with Gasteiger partial charge in [0.25, 0.3) is 0 Å². The zero-order valence-corrected chi connectivity index (χ0v) is 11.0. The monoisotopic (exact) mass is 236 g/mol. The lowest BCUT2D eigenvalue weighted by Gasteiger charge is -2.30. The first kappa shape index (κ1) is 12.7. The summed E-state index contributed by atoms with van der Waals surface area (Å²) in [6, 6.07) is 4.92. The zero-order valence-electron chi connectivity index (χ0n) is 11.0. The van der Waals surface area contributed by atoms with Gasteiger partial charge in [-0.25, -0.2) is 0 Å². The highest BCUT2D eigenvalue weighted by Gasteiger charge is 2.18. The molecule has 3 nitrogen and oxygen atoms in total. The smallest absolute Gasteiger partial charge is 0.118 e. The van der Waals surface area contributed by atoms with E-state index in [9.17, 15) is 0 Å². The second kappa shape index (κ2) is 6.22. The predicted molar refractivity (Wildman–Crippen MR) is 69.8 cm³/mol. The fourth-order valence-electron chi connectivity index (χ4n) is 2.67. The third-order valence-corrected chi connectivity index (χ3v) is 3.67. The Morgan fingerprint density at radius 2 is 1.94 bits per heavy atom. The summed E-state index contributed by atoms with van der Waals surface area (Å²) >= 11 is 0. The summed E-state index contributed by atoms with van der Waals surface area (Å²) in [7, 11) is 4.16. The number of nitrogens with one attached hydrogen (secondary N) is 1. The average Bonchev–Trinajstić information content (AvgIpc) is 2.78. The van der Waals surface area contributed by atoms with Gasteiger partial charge in [-0.05, 0) is 39.1 Å². The van der Waals surface area contributed by atoms with E-state index in [1.807, 2.05) is 7.05 Å². The van der Waals surface area contributed by atoms with Crippen LogP contribution in [-0.4, -0.2) is 25.0 Å². The molecule has 1 aromatic rings. The molecule has 0 aromatic carbocycles. The molecule has 1 aliphatic rings. The van der Waals surface area contributed by atoms with E-state index in [1.54, 1.807) is 0 Å². The van der Waals surface area contributed by atoms with E-state index < -0.39 is 0 Å². The van der Waals surface area contributed by atoms with Crippen LogP contribution < -0.4 is 5.32 Å². The zero-order chi connectivity index (χ0) is 12.1. The largest absolute Gasteiger partial charge is 0.463 e. The molecule has 1 saturated carbocycles. The number of rotatable bonds is 5. The van der Waals surface area contributed by atoms with Gasteiger partial charge in [-0.15, -0.1) is 0 Å². The molecule has 0 spiro atoms. The fraction of sp³-hybridized carbons (Fsp3) is 0.714. The van der Waals surface area contributed by atoms with Crippen LogP contribution in [0.1, 0.15) is 43.6 Å². The van der Waals surface area contributed by atoms with Crippen molar-refractivity contribution >= 4 is 0 Å². The highest BCUT2D eigenvalue weighted by Crippen LogP contribution is 2.23. The highest BCUT2D eigenvalue weighted by molar-refractivity contribution is 5.07. The first-order valence-electron chi connectivity index (χ1n) is 6.72. The van der Waals surface area contributed by atoms with Crippen molar-refractivity contribution in [3.05, 3.63) is 23.7 Å². The van der Waals surface area contributed by atoms with Gasteiger partial charge in [-0.1, -0.05) is 19.3 Å². The summed E-state index contributed by atoms with van der Waals surface area (Å²) < 4.78 is 5.78. The van der Waals surface area contributed by atoms with Crippen molar-refractivity contribution in [2.75, 3.05) is 14.1 Å². The lowest BCUT2D eigenvalue weighted by atomic mass is 9.94. The third kappa shape index (κ3) is 3.58. The van der Waals surface area contributed by atoms with Crippen molar-refractivity contribution in [3.63, 3.8) is 0 Å². The SMILES string of the molecule is CNCc1ccc(CN(C)C2CCCCC2)o1. The minimum Gasteiger partial charge on any atom is -0.463 e. The maximum atomic E-state index is 5.78. The molecule has 0 aliphatic heterocycles. The third-order valence-electron chi connectivity index (χ3n) is 3.67. The summed E-state index contributed by atoms with van der Waals surface area (Å²) in [4.78, 5) is 2.45. The average molecular weight is 236 g/mol. The van der Waals surface area contributed by atoms with E-state index in [4.69, 9.17) is 4.42 Å². The van der Waals surface area contributed by atoms with Crippen LogP contribution in [0.2, 0.25) is 0 Å². The Bertz CT molecular complexity index is 329. The first-order valence-corrected chi connectivity index (χ1v) is 6.72. The van der Waals surface area contributed by atoms with Crippen molar-refractivity contribution in [1.29, 1.82) is 0 Å². The number of hydrogen-bond donors (Lipinski definition) is 1. The molecule has 1 aliphatic carbocycles. The van der Waals surface area contributed by atoms with Crippen molar-refractivity contribution < 1.29 is 4.42 Å². The first-order chi connectivity index (χ1) is 8.29. The molecular formula is C14H24N2O. The van der Waals surface area contributed by atoms with Crippen molar-refractivity contribution in [2.24, 2.45) is 0 Å². The van der Waals surface area contributed by atoms with Gasteiger partial charge in [0, 0.05) is 6.04 Å². The standard InChI is InChI=1S/C14H24N2O/c1-15-10-13-8-9-14(17-13)11-16(2)12-6-4-3-5-7-12/h8-9,12,15H,3-7,10-11H2,1-2H3. The lowest BCUT2D eigenvalue weighted by molar-refractivity contribution is 0.172. The minimum atomic E-state index is 0.751. The number of hydrogen-bond acceptors (Lipinski definition) is 3. The molecule has 0 atom stereocenters. The molecule has 3 heteroatoms. The Morgan fingerprint density at radius 1 is 1.24 bits per heavy atom. The normalized spacial score (nSPS) is 17.8. The topological polar surface area (TPSA) is 28.4 Å². The lowest BCUT2D eigenvalue weighted by Crippen LogP contribution is -2.32. The van der Waals surface area contributed by atoms with Gasteiger partial charge < -0.3 is 9.73 Å². The van der Waals surface area contributed by atoms with E-state index in [1.165, 1.54) is 32.1 Å². The molecule has 1 N–H and O–H groups in total. The van der Waals surface area contributed by atoms with Crippen LogP contribution in [0.3, 0.4) is 0 Å². The minimum absolute atomic E-state index is 0.751. The molecule has 0 radical (unpaired) electrons. The van der Waals surface area contributed by atoms with Crippen LogP contribution in [0.25, 0.3) is 0 Å². The molecule has 0 saturated heterocycles. The fourth-order valence-corrected chi connectivity index (χ4v) is 2.67. The Morgan fingerprint density at radius 3 is 2.65 bits per heavy atom. The van der Waals surface area contributed by atoms with Crippen LogP contribution in [0, 0.1) is 0 Å². The summed E-state index contributed by atoms with van der Waals surface area (Å²) in [5, 5.41) is 3.11. The highest BCUT2D eigenvalue weighted by atomic mass is 16.3. The Kier molecular flexibility index (Phi) is 4.63. The Hall–Kier alpha value is -0.800. The summed E-state index contributed by atoms with van der Waals surface area (Å²) in [5.41, 5.74) is 0. The molecular weight excluding hydrogens is 212 g/mol. The molecule has 0 unspecified atom stereocenters. The van der Waals surface area contributed by atoms with Crippen LogP contribution in [0.15, 0.2) is 16.5 Å². The van der Waals surface area contributed by atoms with E-state index in [2.05, 4.69) is 29.4 Å². The molecule has 0 bridgehead atoms. The second-order valence-electron chi connectivity index (χ2n) is 5.11. The molecule has 2 rings (SSSR count). The van der Waals surface area contributed by atoms with E-state index >= 15 is 0 Å². The van der Waals surface area contributed by atoms with Crippen LogP contribution in [0.5, 0.6) is 0 Å². The molecule has 17 heavy (non-hydrogen) atoms. The van der Waals surface area contributed by atoms with Crippen LogP contribution >= 0.6 is 0 Å².